The summed E-state index contributed by atoms with van der Waals surface area (Å²) in [6, 6.07) is 0. The van der Waals surface area contributed by atoms with Crippen LogP contribution in [0.4, 0.5) is 0 Å². The largest absolute Gasteiger partial charge is 0.478 e. The van der Waals surface area contributed by atoms with Gasteiger partial charge in [-0.3, -0.25) is 0 Å². The predicted molar refractivity (Wildman–Crippen MR) is 39.9 cm³/mol. The van der Waals surface area contributed by atoms with Crippen molar-refractivity contribution in [3.05, 3.63) is 23.8 Å². The minimum Gasteiger partial charge on any atom is -0.478 e. The molecule has 4 nitrogen and oxygen atoms in total. The number of hydrogen-bond donors (Lipinski definition) is 2. The standard InChI is InChI=1S/C7H8N2O2/c1-5(7(10)11)4-6-8-2-3-9-6/h2-4H,1H3,(H,8,9)(H,10,11)/b5-4-. The third-order valence-electron chi connectivity index (χ3n) is 1.21. The van der Waals surface area contributed by atoms with Crippen LogP contribution in [0.25, 0.3) is 6.08 Å². The van der Waals surface area contributed by atoms with E-state index in [1.165, 1.54) is 13.0 Å². The highest BCUT2D eigenvalue weighted by atomic mass is 16.4. The van der Waals surface area contributed by atoms with E-state index in [4.69, 9.17) is 5.11 Å². The second kappa shape index (κ2) is 3.01. The Bertz CT molecular complexity index is 275. The fourth-order valence-electron chi connectivity index (χ4n) is 0.623. The zero-order valence-electron chi connectivity index (χ0n) is 6.03. The summed E-state index contributed by atoms with van der Waals surface area (Å²) in [7, 11) is 0. The lowest BCUT2D eigenvalue weighted by atomic mass is 10.3. The molecule has 0 radical (unpaired) electrons. The second-order valence-electron chi connectivity index (χ2n) is 2.11. The average molecular weight is 152 g/mol. The summed E-state index contributed by atoms with van der Waals surface area (Å²) < 4.78 is 0. The third kappa shape index (κ3) is 1.93. The summed E-state index contributed by atoms with van der Waals surface area (Å²) >= 11 is 0. The maximum atomic E-state index is 10.3. The van der Waals surface area contributed by atoms with Gasteiger partial charge in [-0.25, -0.2) is 9.78 Å². The highest BCUT2D eigenvalue weighted by Gasteiger charge is 1.99. The molecule has 0 spiro atoms. The Labute approximate surface area is 63.6 Å². The van der Waals surface area contributed by atoms with Crippen molar-refractivity contribution in [2.45, 2.75) is 6.92 Å². The first kappa shape index (κ1) is 7.53. The lowest BCUT2D eigenvalue weighted by Gasteiger charge is -1.89. The van der Waals surface area contributed by atoms with Gasteiger partial charge < -0.3 is 10.1 Å². The van der Waals surface area contributed by atoms with Gasteiger partial charge in [0.25, 0.3) is 0 Å². The first-order valence-corrected chi connectivity index (χ1v) is 3.11. The van der Waals surface area contributed by atoms with Crippen LogP contribution in [0.2, 0.25) is 0 Å². The molecule has 1 aromatic rings. The number of H-pyrrole nitrogens is 1. The van der Waals surface area contributed by atoms with Gasteiger partial charge in [0.1, 0.15) is 5.82 Å². The number of hydrogen-bond acceptors (Lipinski definition) is 2. The van der Waals surface area contributed by atoms with E-state index in [0.717, 1.165) is 0 Å². The van der Waals surface area contributed by atoms with E-state index in [0.29, 0.717) is 5.82 Å². The molecule has 0 aliphatic rings. The van der Waals surface area contributed by atoms with Gasteiger partial charge in [-0.1, -0.05) is 0 Å². The molecule has 0 unspecified atom stereocenters. The van der Waals surface area contributed by atoms with Crippen molar-refractivity contribution in [3.63, 3.8) is 0 Å². The van der Waals surface area contributed by atoms with Crippen molar-refractivity contribution in [1.29, 1.82) is 0 Å². The van der Waals surface area contributed by atoms with Crippen LogP contribution in [0.1, 0.15) is 12.7 Å². The van der Waals surface area contributed by atoms with Gasteiger partial charge in [0.05, 0.1) is 0 Å². The second-order valence-corrected chi connectivity index (χ2v) is 2.11. The van der Waals surface area contributed by atoms with E-state index in [2.05, 4.69) is 9.97 Å². The molecule has 1 heterocycles. The quantitative estimate of drug-likeness (QED) is 0.618. The van der Waals surface area contributed by atoms with E-state index in [1.807, 2.05) is 0 Å². The number of aliphatic carboxylic acids is 1. The van der Waals surface area contributed by atoms with Gasteiger partial charge >= 0.3 is 5.97 Å². The molecule has 0 amide bonds. The van der Waals surface area contributed by atoms with Gasteiger partial charge in [-0.05, 0) is 13.0 Å². The van der Waals surface area contributed by atoms with Gasteiger partial charge in [-0.15, -0.1) is 0 Å². The summed E-state index contributed by atoms with van der Waals surface area (Å²) in [6.45, 7) is 1.52. The van der Waals surface area contributed by atoms with Crippen LogP contribution < -0.4 is 0 Å². The molecule has 58 valence electrons. The lowest BCUT2D eigenvalue weighted by Crippen LogP contribution is -1.95. The van der Waals surface area contributed by atoms with E-state index < -0.39 is 5.97 Å². The van der Waals surface area contributed by atoms with E-state index >= 15 is 0 Å². The number of carbonyl (C=O) groups is 1. The number of nitrogens with zero attached hydrogens (tertiary/aromatic N) is 1. The molecule has 11 heavy (non-hydrogen) atoms. The van der Waals surface area contributed by atoms with E-state index in [-0.39, 0.29) is 5.57 Å². The summed E-state index contributed by atoms with van der Waals surface area (Å²) in [5.74, 6) is -0.369. The summed E-state index contributed by atoms with van der Waals surface area (Å²) in [6.07, 6.45) is 4.68. The summed E-state index contributed by atoms with van der Waals surface area (Å²) in [5.41, 5.74) is 0.264. The summed E-state index contributed by atoms with van der Waals surface area (Å²) in [5, 5.41) is 8.47. The Morgan fingerprint density at radius 3 is 3.00 bits per heavy atom. The van der Waals surface area contributed by atoms with Crippen LogP contribution in [-0.2, 0) is 4.79 Å². The van der Waals surface area contributed by atoms with Crippen molar-refractivity contribution < 1.29 is 9.90 Å². The number of carboxylic acids is 1. The van der Waals surface area contributed by atoms with Gasteiger partial charge in [0.15, 0.2) is 0 Å². The highest BCUT2D eigenvalue weighted by Crippen LogP contribution is 1.99. The van der Waals surface area contributed by atoms with Crippen molar-refractivity contribution in [2.75, 3.05) is 0 Å². The van der Waals surface area contributed by atoms with E-state index in [1.54, 1.807) is 12.4 Å². The molecule has 0 aromatic carbocycles. The molecule has 2 N–H and O–H groups in total. The van der Waals surface area contributed by atoms with Crippen molar-refractivity contribution in [1.82, 2.24) is 9.97 Å². The van der Waals surface area contributed by atoms with Crippen LogP contribution in [-0.4, -0.2) is 21.0 Å². The minimum absolute atomic E-state index is 0.264. The fourth-order valence-corrected chi connectivity index (χ4v) is 0.623. The molecule has 1 rings (SSSR count). The zero-order valence-corrected chi connectivity index (χ0v) is 6.03. The molecule has 4 heteroatoms. The highest BCUT2D eigenvalue weighted by molar-refractivity contribution is 5.90. The van der Waals surface area contributed by atoms with Crippen molar-refractivity contribution >= 4 is 12.0 Å². The third-order valence-corrected chi connectivity index (χ3v) is 1.21. The maximum Gasteiger partial charge on any atom is 0.331 e. The molecule has 0 saturated carbocycles. The van der Waals surface area contributed by atoms with Crippen LogP contribution in [0.5, 0.6) is 0 Å². The van der Waals surface area contributed by atoms with Crippen LogP contribution in [0.3, 0.4) is 0 Å². The number of aromatic nitrogens is 2. The first-order chi connectivity index (χ1) is 5.20. The van der Waals surface area contributed by atoms with Crippen LogP contribution in [0, 0.1) is 0 Å². The number of aromatic amines is 1. The monoisotopic (exact) mass is 152 g/mol. The molecule has 0 saturated heterocycles. The number of rotatable bonds is 2. The Balaban J connectivity index is 2.82. The van der Waals surface area contributed by atoms with Crippen molar-refractivity contribution in [3.8, 4) is 0 Å². The topological polar surface area (TPSA) is 66.0 Å². The predicted octanol–water partition coefficient (Wildman–Crippen LogP) is 0.898. The van der Waals surface area contributed by atoms with Crippen molar-refractivity contribution in [2.24, 2.45) is 0 Å². The van der Waals surface area contributed by atoms with E-state index in [9.17, 15) is 4.79 Å². The smallest absolute Gasteiger partial charge is 0.331 e. The van der Waals surface area contributed by atoms with Gasteiger partial charge in [-0.2, -0.15) is 0 Å². The lowest BCUT2D eigenvalue weighted by molar-refractivity contribution is -0.132. The normalized spacial score (nSPS) is 11.5. The Hall–Kier alpha value is -1.58. The first-order valence-electron chi connectivity index (χ1n) is 3.11. The molecule has 0 bridgehead atoms. The fraction of sp³-hybridized carbons (Fsp3) is 0.143. The molecule has 0 fully saturated rings. The molecule has 1 aromatic heterocycles. The molecule has 0 aliphatic heterocycles. The van der Waals surface area contributed by atoms with Crippen LogP contribution >= 0.6 is 0 Å². The van der Waals surface area contributed by atoms with Crippen LogP contribution in [0.15, 0.2) is 18.0 Å². The molecule has 0 aliphatic carbocycles. The summed E-state index contributed by atoms with van der Waals surface area (Å²) in [4.78, 5) is 16.9. The molecule has 0 atom stereocenters. The molecular weight excluding hydrogens is 144 g/mol. The Kier molecular flexibility index (Phi) is 2.06. The van der Waals surface area contributed by atoms with Gasteiger partial charge in [0, 0.05) is 18.0 Å². The zero-order chi connectivity index (χ0) is 8.27. The maximum absolute atomic E-state index is 10.3. The number of nitrogens with one attached hydrogen (secondary N) is 1. The SMILES string of the molecule is C/C(=C/c1ncc[nH]1)C(=O)O. The Morgan fingerprint density at radius 2 is 2.55 bits per heavy atom. The number of imidazole rings is 1. The Morgan fingerprint density at radius 1 is 1.82 bits per heavy atom. The average Bonchev–Trinajstić information content (AvgIpc) is 2.39. The minimum atomic E-state index is -0.929. The van der Waals surface area contributed by atoms with Gasteiger partial charge in [0.2, 0.25) is 0 Å². The molecular formula is C7H8N2O2. The number of carboxylic acid groups (broad SMARTS) is 1.